The molecular formula is C27H26N2O6. The SMILES string of the molecule is CON=C(COc1ccc(COc2ccc(CCC(=O)O)c(OC)c2)cc1)c1ccc(C#N)cc1. The molecule has 0 radical (unpaired) electrons. The number of carboxylic acids is 1. The zero-order valence-corrected chi connectivity index (χ0v) is 19.6. The molecule has 8 nitrogen and oxygen atoms in total. The summed E-state index contributed by atoms with van der Waals surface area (Å²) < 4.78 is 17.1. The second-order valence-electron chi connectivity index (χ2n) is 7.50. The van der Waals surface area contributed by atoms with Crippen molar-refractivity contribution >= 4 is 11.7 Å². The van der Waals surface area contributed by atoms with Crippen molar-refractivity contribution in [1.29, 1.82) is 5.26 Å². The molecule has 0 saturated heterocycles. The number of ether oxygens (including phenoxy) is 3. The molecule has 3 aromatic carbocycles. The van der Waals surface area contributed by atoms with E-state index >= 15 is 0 Å². The monoisotopic (exact) mass is 474 g/mol. The van der Waals surface area contributed by atoms with Gasteiger partial charge in [0.05, 0.1) is 18.7 Å². The molecule has 0 aliphatic heterocycles. The van der Waals surface area contributed by atoms with Crippen molar-refractivity contribution in [2.75, 3.05) is 20.8 Å². The van der Waals surface area contributed by atoms with Crippen LogP contribution in [0.3, 0.4) is 0 Å². The molecule has 1 N–H and O–H groups in total. The molecule has 0 amide bonds. The molecule has 0 spiro atoms. The lowest BCUT2D eigenvalue weighted by Gasteiger charge is -2.12. The van der Waals surface area contributed by atoms with Crippen molar-refractivity contribution in [1.82, 2.24) is 0 Å². The number of hydrogen-bond donors (Lipinski definition) is 1. The maximum absolute atomic E-state index is 10.8. The van der Waals surface area contributed by atoms with Crippen LogP contribution in [0.25, 0.3) is 0 Å². The van der Waals surface area contributed by atoms with Crippen LogP contribution in [0.2, 0.25) is 0 Å². The Morgan fingerprint density at radius 2 is 1.69 bits per heavy atom. The number of carboxylic acid groups (broad SMARTS) is 1. The summed E-state index contributed by atoms with van der Waals surface area (Å²) >= 11 is 0. The Kier molecular flexibility index (Phi) is 9.08. The van der Waals surface area contributed by atoms with Crippen LogP contribution in [0, 0.1) is 11.3 Å². The van der Waals surface area contributed by atoms with Gasteiger partial charge in [0, 0.05) is 18.1 Å². The van der Waals surface area contributed by atoms with Crippen molar-refractivity contribution in [3.63, 3.8) is 0 Å². The highest BCUT2D eigenvalue weighted by molar-refractivity contribution is 6.01. The predicted octanol–water partition coefficient (Wildman–Crippen LogP) is 4.59. The van der Waals surface area contributed by atoms with Gasteiger partial charge < -0.3 is 24.2 Å². The second-order valence-corrected chi connectivity index (χ2v) is 7.50. The number of hydrogen-bond acceptors (Lipinski definition) is 7. The molecule has 35 heavy (non-hydrogen) atoms. The third-order valence-corrected chi connectivity index (χ3v) is 5.12. The Bertz CT molecular complexity index is 1200. The first-order valence-electron chi connectivity index (χ1n) is 10.9. The molecule has 8 heteroatoms. The van der Waals surface area contributed by atoms with E-state index in [1.165, 1.54) is 7.11 Å². The fourth-order valence-electron chi connectivity index (χ4n) is 3.27. The summed E-state index contributed by atoms with van der Waals surface area (Å²) in [5.41, 5.74) is 3.74. The van der Waals surface area contributed by atoms with Gasteiger partial charge in [-0.2, -0.15) is 5.26 Å². The average molecular weight is 475 g/mol. The van der Waals surface area contributed by atoms with E-state index in [0.29, 0.717) is 41.6 Å². The summed E-state index contributed by atoms with van der Waals surface area (Å²) in [6, 6.07) is 22.0. The lowest BCUT2D eigenvalue weighted by Crippen LogP contribution is -2.13. The standard InChI is InChI=1S/C27H26N2O6/c1-32-26-15-24(13-9-22(26)10-14-27(30)31)34-17-20-5-11-23(12-6-20)35-18-25(29-33-2)21-7-3-19(16-28)4-8-21/h3-9,11-13,15H,10,14,17-18H2,1-2H3,(H,30,31). The lowest BCUT2D eigenvalue weighted by atomic mass is 10.1. The quantitative estimate of drug-likeness (QED) is 0.302. The van der Waals surface area contributed by atoms with Gasteiger partial charge in [-0.15, -0.1) is 0 Å². The van der Waals surface area contributed by atoms with Gasteiger partial charge >= 0.3 is 5.97 Å². The lowest BCUT2D eigenvalue weighted by molar-refractivity contribution is -0.136. The molecule has 0 bridgehead atoms. The Balaban J connectivity index is 1.56. The number of benzene rings is 3. The van der Waals surface area contributed by atoms with Crippen molar-refractivity contribution in [3.05, 3.63) is 89.0 Å². The minimum Gasteiger partial charge on any atom is -0.496 e. The number of nitrogens with zero attached hydrogens (tertiary/aromatic N) is 2. The van der Waals surface area contributed by atoms with E-state index in [-0.39, 0.29) is 13.0 Å². The third kappa shape index (κ3) is 7.51. The van der Waals surface area contributed by atoms with Crippen molar-refractivity contribution < 1.29 is 28.9 Å². The van der Waals surface area contributed by atoms with Crippen LogP contribution in [0.15, 0.2) is 71.9 Å². The maximum Gasteiger partial charge on any atom is 0.303 e. The summed E-state index contributed by atoms with van der Waals surface area (Å²) in [6.45, 7) is 0.545. The smallest absolute Gasteiger partial charge is 0.303 e. The van der Waals surface area contributed by atoms with Crippen molar-refractivity contribution in [3.8, 4) is 23.3 Å². The number of aryl methyl sites for hydroxylation is 1. The first-order chi connectivity index (χ1) is 17.0. The second kappa shape index (κ2) is 12.7. The van der Waals surface area contributed by atoms with Gasteiger partial charge in [-0.3, -0.25) is 4.79 Å². The average Bonchev–Trinajstić information content (AvgIpc) is 2.89. The normalized spacial score (nSPS) is 10.8. The van der Waals surface area contributed by atoms with Gasteiger partial charge in [-0.25, -0.2) is 0 Å². The van der Waals surface area contributed by atoms with Gasteiger partial charge in [0.15, 0.2) is 0 Å². The highest BCUT2D eigenvalue weighted by Crippen LogP contribution is 2.26. The van der Waals surface area contributed by atoms with Gasteiger partial charge in [-0.1, -0.05) is 35.5 Å². The zero-order valence-electron chi connectivity index (χ0n) is 19.6. The zero-order chi connectivity index (χ0) is 25.0. The molecule has 0 aromatic heterocycles. The highest BCUT2D eigenvalue weighted by Gasteiger charge is 2.09. The fraction of sp³-hybridized carbons (Fsp3) is 0.222. The first kappa shape index (κ1) is 25.1. The number of methoxy groups -OCH3 is 1. The summed E-state index contributed by atoms with van der Waals surface area (Å²) in [5, 5.41) is 21.9. The van der Waals surface area contributed by atoms with Crippen molar-refractivity contribution in [2.45, 2.75) is 19.4 Å². The van der Waals surface area contributed by atoms with Crippen LogP contribution < -0.4 is 14.2 Å². The first-order valence-corrected chi connectivity index (χ1v) is 10.9. The van der Waals surface area contributed by atoms with E-state index in [2.05, 4.69) is 11.2 Å². The van der Waals surface area contributed by atoms with E-state index in [1.807, 2.05) is 30.3 Å². The molecule has 3 rings (SSSR count). The highest BCUT2D eigenvalue weighted by atomic mass is 16.6. The molecule has 0 atom stereocenters. The van der Waals surface area contributed by atoms with E-state index in [9.17, 15) is 4.79 Å². The summed E-state index contributed by atoms with van der Waals surface area (Å²) in [5.74, 6) is 1.04. The molecular weight excluding hydrogens is 448 g/mol. The molecule has 0 aliphatic carbocycles. The minimum atomic E-state index is -0.851. The van der Waals surface area contributed by atoms with Crippen LogP contribution in [0.5, 0.6) is 17.2 Å². The Morgan fingerprint density at radius 1 is 0.971 bits per heavy atom. The molecule has 0 heterocycles. The molecule has 0 aliphatic rings. The van der Waals surface area contributed by atoms with E-state index in [4.69, 9.17) is 29.4 Å². The van der Waals surface area contributed by atoms with E-state index < -0.39 is 5.97 Å². The van der Waals surface area contributed by atoms with Gasteiger partial charge in [0.25, 0.3) is 0 Å². The Labute approximate surface area is 203 Å². The number of carbonyl (C=O) groups is 1. The van der Waals surface area contributed by atoms with Crippen LogP contribution in [0.1, 0.15) is 28.7 Å². The Hall–Kier alpha value is -4.51. The van der Waals surface area contributed by atoms with Crippen LogP contribution >= 0.6 is 0 Å². The van der Waals surface area contributed by atoms with Gasteiger partial charge in [0.2, 0.25) is 0 Å². The number of rotatable bonds is 12. The van der Waals surface area contributed by atoms with Crippen LogP contribution in [0.4, 0.5) is 0 Å². The summed E-state index contributed by atoms with van der Waals surface area (Å²) in [7, 11) is 3.02. The topological polar surface area (TPSA) is 110 Å². The van der Waals surface area contributed by atoms with Crippen molar-refractivity contribution in [2.24, 2.45) is 5.16 Å². The van der Waals surface area contributed by atoms with Gasteiger partial charge in [-0.05, 0) is 47.9 Å². The number of aliphatic carboxylic acids is 1. The predicted molar refractivity (Wildman–Crippen MR) is 130 cm³/mol. The number of oxime groups is 1. The maximum atomic E-state index is 10.8. The van der Waals surface area contributed by atoms with E-state index in [0.717, 1.165) is 16.7 Å². The molecule has 180 valence electrons. The van der Waals surface area contributed by atoms with E-state index in [1.54, 1.807) is 43.5 Å². The van der Waals surface area contributed by atoms with Gasteiger partial charge in [0.1, 0.15) is 43.3 Å². The molecule has 0 fully saturated rings. The summed E-state index contributed by atoms with van der Waals surface area (Å²) in [6.07, 6.45) is 0.430. The van der Waals surface area contributed by atoms with Crippen LogP contribution in [-0.4, -0.2) is 37.6 Å². The Morgan fingerprint density at radius 3 is 2.31 bits per heavy atom. The molecule has 0 saturated carbocycles. The van der Waals surface area contributed by atoms with Crippen LogP contribution in [-0.2, 0) is 22.7 Å². The summed E-state index contributed by atoms with van der Waals surface area (Å²) in [4.78, 5) is 15.8. The third-order valence-electron chi connectivity index (χ3n) is 5.12. The molecule has 3 aromatic rings. The largest absolute Gasteiger partial charge is 0.496 e. The minimum absolute atomic E-state index is 0.0390. The molecule has 0 unspecified atom stereocenters. The number of nitriles is 1. The fourth-order valence-corrected chi connectivity index (χ4v) is 3.27.